The second kappa shape index (κ2) is 6.26. The Balaban J connectivity index is 1.77. The standard InChI is InChI=1S/C16H16INOS/c17-12-6-4-7-13(10-12)18-16(19)15-9-11-5-2-1-3-8-14(11)20-15/h4,6-7,9-10H,1-3,5,8H2,(H,18,19). The van der Waals surface area contributed by atoms with Crippen LogP contribution in [0.4, 0.5) is 5.69 Å². The molecule has 0 aliphatic heterocycles. The fourth-order valence-electron chi connectivity index (χ4n) is 2.54. The molecule has 0 unspecified atom stereocenters. The maximum atomic E-state index is 12.3. The van der Waals surface area contributed by atoms with Crippen molar-refractivity contribution < 1.29 is 4.79 Å². The fraction of sp³-hybridized carbons (Fsp3) is 0.312. The quantitative estimate of drug-likeness (QED) is 0.569. The highest BCUT2D eigenvalue weighted by Crippen LogP contribution is 2.29. The van der Waals surface area contributed by atoms with Crippen LogP contribution in [0.1, 0.15) is 39.4 Å². The van der Waals surface area contributed by atoms with Crippen LogP contribution in [0.15, 0.2) is 30.3 Å². The number of nitrogens with one attached hydrogen (secondary N) is 1. The molecule has 4 heteroatoms. The number of aryl methyl sites for hydroxylation is 2. The fourth-order valence-corrected chi connectivity index (χ4v) is 4.23. The van der Waals surface area contributed by atoms with Crippen molar-refractivity contribution in [2.24, 2.45) is 0 Å². The molecule has 0 saturated carbocycles. The molecule has 1 amide bonds. The largest absolute Gasteiger partial charge is 0.321 e. The first-order chi connectivity index (χ1) is 9.72. The predicted molar refractivity (Wildman–Crippen MR) is 92.7 cm³/mol. The number of thiophene rings is 1. The lowest BCUT2D eigenvalue weighted by Gasteiger charge is -2.03. The van der Waals surface area contributed by atoms with Crippen LogP contribution >= 0.6 is 33.9 Å². The molecule has 1 aromatic heterocycles. The van der Waals surface area contributed by atoms with Gasteiger partial charge in [0.1, 0.15) is 0 Å². The van der Waals surface area contributed by atoms with Crippen LogP contribution in [0.2, 0.25) is 0 Å². The number of benzene rings is 1. The molecule has 3 rings (SSSR count). The van der Waals surface area contributed by atoms with E-state index < -0.39 is 0 Å². The van der Waals surface area contributed by atoms with Crippen molar-refractivity contribution in [3.05, 3.63) is 49.2 Å². The van der Waals surface area contributed by atoms with E-state index in [1.54, 1.807) is 11.3 Å². The highest BCUT2D eigenvalue weighted by Gasteiger charge is 2.16. The maximum absolute atomic E-state index is 12.3. The first-order valence-electron chi connectivity index (χ1n) is 6.91. The molecule has 2 aromatic rings. The Labute approximate surface area is 136 Å². The Bertz CT molecular complexity index is 612. The normalized spacial score (nSPS) is 14.4. The zero-order valence-corrected chi connectivity index (χ0v) is 14.1. The molecule has 1 aromatic carbocycles. The van der Waals surface area contributed by atoms with Gasteiger partial charge in [0.2, 0.25) is 0 Å². The lowest BCUT2D eigenvalue weighted by Crippen LogP contribution is -2.10. The summed E-state index contributed by atoms with van der Waals surface area (Å²) in [5.74, 6) is 0.0186. The second-order valence-electron chi connectivity index (χ2n) is 5.08. The molecule has 1 heterocycles. The molecule has 1 N–H and O–H groups in total. The summed E-state index contributed by atoms with van der Waals surface area (Å²) in [6.45, 7) is 0. The molecule has 0 fully saturated rings. The molecular formula is C16H16INOS. The van der Waals surface area contributed by atoms with E-state index in [1.807, 2.05) is 24.3 Å². The van der Waals surface area contributed by atoms with Crippen LogP contribution < -0.4 is 5.32 Å². The topological polar surface area (TPSA) is 29.1 Å². The molecule has 2 nitrogen and oxygen atoms in total. The Morgan fingerprint density at radius 1 is 1.15 bits per heavy atom. The van der Waals surface area contributed by atoms with Gasteiger partial charge in [0.05, 0.1) is 4.88 Å². The molecule has 104 valence electrons. The summed E-state index contributed by atoms with van der Waals surface area (Å²) in [7, 11) is 0. The summed E-state index contributed by atoms with van der Waals surface area (Å²) in [5, 5.41) is 2.99. The minimum atomic E-state index is 0.0186. The number of hydrogen-bond donors (Lipinski definition) is 1. The summed E-state index contributed by atoms with van der Waals surface area (Å²) in [6.07, 6.45) is 6.08. The first kappa shape index (κ1) is 14.1. The zero-order valence-electron chi connectivity index (χ0n) is 11.1. The lowest BCUT2D eigenvalue weighted by molar-refractivity contribution is 0.103. The van der Waals surface area contributed by atoms with Crippen molar-refractivity contribution in [3.63, 3.8) is 0 Å². The average Bonchev–Trinajstić information content (AvgIpc) is 2.70. The second-order valence-corrected chi connectivity index (χ2v) is 7.47. The van der Waals surface area contributed by atoms with Crippen molar-refractivity contribution in [2.75, 3.05) is 5.32 Å². The number of carbonyl (C=O) groups excluding carboxylic acids is 1. The predicted octanol–water partition coefficient (Wildman–Crippen LogP) is 4.87. The third kappa shape index (κ3) is 3.23. The third-order valence-electron chi connectivity index (χ3n) is 3.55. The van der Waals surface area contributed by atoms with E-state index in [1.165, 1.54) is 29.7 Å². The molecule has 0 spiro atoms. The van der Waals surface area contributed by atoms with E-state index in [9.17, 15) is 4.79 Å². The first-order valence-corrected chi connectivity index (χ1v) is 8.80. The van der Waals surface area contributed by atoms with Gasteiger partial charge in [-0.1, -0.05) is 12.5 Å². The van der Waals surface area contributed by atoms with Crippen LogP contribution in [-0.2, 0) is 12.8 Å². The molecule has 20 heavy (non-hydrogen) atoms. The number of rotatable bonds is 2. The third-order valence-corrected chi connectivity index (χ3v) is 5.46. The SMILES string of the molecule is O=C(Nc1cccc(I)c1)c1cc2c(s1)CCCCC2. The van der Waals surface area contributed by atoms with Gasteiger partial charge in [-0.15, -0.1) is 11.3 Å². The smallest absolute Gasteiger partial charge is 0.265 e. The summed E-state index contributed by atoms with van der Waals surface area (Å²) in [4.78, 5) is 14.6. The molecular weight excluding hydrogens is 381 g/mol. The summed E-state index contributed by atoms with van der Waals surface area (Å²) in [6, 6.07) is 9.98. The van der Waals surface area contributed by atoms with Gasteiger partial charge in [0.15, 0.2) is 0 Å². The van der Waals surface area contributed by atoms with Crippen LogP contribution in [0, 0.1) is 3.57 Å². The van der Waals surface area contributed by atoms with Gasteiger partial charge in [-0.3, -0.25) is 4.79 Å². The zero-order chi connectivity index (χ0) is 13.9. The van der Waals surface area contributed by atoms with Crippen molar-refractivity contribution in [1.82, 2.24) is 0 Å². The van der Waals surface area contributed by atoms with Gasteiger partial charge < -0.3 is 5.32 Å². The summed E-state index contributed by atoms with van der Waals surface area (Å²) < 4.78 is 1.13. The number of fused-ring (bicyclic) bond motifs is 1. The van der Waals surface area contributed by atoms with Gasteiger partial charge in [0.25, 0.3) is 5.91 Å². The number of halogens is 1. The molecule has 0 bridgehead atoms. The van der Waals surface area contributed by atoms with Gasteiger partial charge in [0, 0.05) is 14.1 Å². The van der Waals surface area contributed by atoms with E-state index in [0.717, 1.165) is 27.0 Å². The Morgan fingerprint density at radius 2 is 2.00 bits per heavy atom. The van der Waals surface area contributed by atoms with Crippen LogP contribution in [0.3, 0.4) is 0 Å². The molecule has 0 radical (unpaired) electrons. The minimum absolute atomic E-state index is 0.0186. The molecule has 1 aliphatic carbocycles. The number of anilines is 1. The number of amides is 1. The van der Waals surface area contributed by atoms with Crippen molar-refractivity contribution in [3.8, 4) is 0 Å². The van der Waals surface area contributed by atoms with Crippen LogP contribution in [0.5, 0.6) is 0 Å². The Morgan fingerprint density at radius 3 is 2.85 bits per heavy atom. The van der Waals surface area contributed by atoms with Crippen molar-refractivity contribution in [2.45, 2.75) is 32.1 Å². The van der Waals surface area contributed by atoms with E-state index in [2.05, 4.69) is 34.0 Å². The van der Waals surface area contributed by atoms with Gasteiger partial charge >= 0.3 is 0 Å². The minimum Gasteiger partial charge on any atom is -0.321 e. The van der Waals surface area contributed by atoms with Crippen LogP contribution in [0.25, 0.3) is 0 Å². The summed E-state index contributed by atoms with van der Waals surface area (Å²) >= 11 is 3.92. The van der Waals surface area contributed by atoms with E-state index >= 15 is 0 Å². The number of carbonyl (C=O) groups is 1. The highest BCUT2D eigenvalue weighted by molar-refractivity contribution is 14.1. The number of hydrogen-bond acceptors (Lipinski definition) is 2. The Hall–Kier alpha value is -0.880. The van der Waals surface area contributed by atoms with E-state index in [0.29, 0.717) is 0 Å². The van der Waals surface area contributed by atoms with Crippen molar-refractivity contribution in [1.29, 1.82) is 0 Å². The van der Waals surface area contributed by atoms with Gasteiger partial charge in [-0.2, -0.15) is 0 Å². The van der Waals surface area contributed by atoms with Gasteiger partial charge in [-0.05, 0) is 78.1 Å². The maximum Gasteiger partial charge on any atom is 0.265 e. The molecule has 0 saturated heterocycles. The average molecular weight is 397 g/mol. The van der Waals surface area contributed by atoms with E-state index in [4.69, 9.17) is 0 Å². The molecule has 1 aliphatic rings. The molecule has 0 atom stereocenters. The summed E-state index contributed by atoms with van der Waals surface area (Å²) in [5.41, 5.74) is 2.26. The van der Waals surface area contributed by atoms with E-state index in [-0.39, 0.29) is 5.91 Å². The van der Waals surface area contributed by atoms with Crippen LogP contribution in [-0.4, -0.2) is 5.91 Å². The lowest BCUT2D eigenvalue weighted by atomic mass is 10.1. The van der Waals surface area contributed by atoms with Gasteiger partial charge in [-0.25, -0.2) is 0 Å². The monoisotopic (exact) mass is 397 g/mol. The van der Waals surface area contributed by atoms with Crippen molar-refractivity contribution >= 4 is 45.5 Å². The highest BCUT2D eigenvalue weighted by atomic mass is 127. The Kier molecular flexibility index (Phi) is 4.41.